The summed E-state index contributed by atoms with van der Waals surface area (Å²) < 4.78 is 17.8. The summed E-state index contributed by atoms with van der Waals surface area (Å²) in [5, 5.41) is 0. The zero-order chi connectivity index (χ0) is 39.3. The molecule has 1 aliphatic rings. The first-order valence-corrected chi connectivity index (χ1v) is 19.4. The molecule has 0 bridgehead atoms. The summed E-state index contributed by atoms with van der Waals surface area (Å²) in [6.07, 6.45) is 2.26. The van der Waals surface area contributed by atoms with E-state index in [0.717, 1.165) is 19.3 Å². The number of nitrogens with zero attached hydrogens (tertiary/aromatic N) is 3. The van der Waals surface area contributed by atoms with Gasteiger partial charge in [-0.2, -0.15) is 0 Å². The minimum atomic E-state index is -0.592. The lowest BCUT2D eigenvalue weighted by Crippen LogP contribution is -2.54. The second-order valence-electron chi connectivity index (χ2n) is 16.0. The number of ether oxygens (including phenoxy) is 3. The van der Waals surface area contributed by atoms with Gasteiger partial charge < -0.3 is 24.0 Å². The molecule has 2 amide bonds. The van der Waals surface area contributed by atoms with Gasteiger partial charge in [0.2, 0.25) is 11.8 Å². The predicted octanol–water partition coefficient (Wildman–Crippen LogP) is 5.94. The Labute approximate surface area is 315 Å². The van der Waals surface area contributed by atoms with E-state index in [4.69, 9.17) is 14.2 Å². The van der Waals surface area contributed by atoms with Gasteiger partial charge in [-0.15, -0.1) is 0 Å². The summed E-state index contributed by atoms with van der Waals surface area (Å²) >= 11 is 0. The number of Topliss-reactive ketones (excluding diaryl/α,β-unsaturated/α-hetero) is 2. The maximum absolute atomic E-state index is 14.3. The van der Waals surface area contributed by atoms with Crippen molar-refractivity contribution in [3.05, 3.63) is 35.9 Å². The van der Waals surface area contributed by atoms with Gasteiger partial charge in [-0.3, -0.25) is 24.1 Å². The zero-order valence-corrected chi connectivity index (χ0v) is 34.6. The van der Waals surface area contributed by atoms with Gasteiger partial charge in [-0.1, -0.05) is 85.2 Å². The summed E-state index contributed by atoms with van der Waals surface area (Å²) in [5.74, 6) is -0.899. The average molecular weight is 730 g/mol. The van der Waals surface area contributed by atoms with E-state index in [1.165, 1.54) is 5.56 Å². The zero-order valence-electron chi connectivity index (χ0n) is 34.6. The first-order valence-electron chi connectivity index (χ1n) is 19.4. The standard InChI is InChI=1S/C42H71N3O7/c1-14-29(6)40(44(10)42(49)33(27(2)3)24-36(47)39(28(4)5)43(8)9)37(51-12)25-38(48)45-26-32(50-11)23-34(45)41(52-13)30(7)35(46)22-18-21-31-19-16-15-17-20-31/h15-17,19-20,27-30,32-34,37,39-41H,14,18,21-26H2,1-13H3/t29-,30-,32-,33-,34?,37+,39-,40-,41+/m0/s1. The number of likely N-dealkylation sites (tertiary alicyclic amines) is 1. The first-order chi connectivity index (χ1) is 24.5. The van der Waals surface area contributed by atoms with Crippen molar-refractivity contribution in [3.8, 4) is 0 Å². The summed E-state index contributed by atoms with van der Waals surface area (Å²) in [5.41, 5.74) is 1.20. The first kappa shape index (κ1) is 45.5. The van der Waals surface area contributed by atoms with Crippen LogP contribution >= 0.6 is 0 Å². The number of amides is 2. The van der Waals surface area contributed by atoms with Crippen molar-refractivity contribution in [3.63, 3.8) is 0 Å². The van der Waals surface area contributed by atoms with Gasteiger partial charge in [0.1, 0.15) is 5.78 Å². The summed E-state index contributed by atoms with van der Waals surface area (Å²) in [4.78, 5) is 61.1. The molecule has 2 rings (SSSR count). The number of methoxy groups -OCH3 is 3. The molecule has 1 aliphatic heterocycles. The highest BCUT2D eigenvalue weighted by Gasteiger charge is 2.45. The third-order valence-electron chi connectivity index (χ3n) is 11.5. The molecule has 1 unspecified atom stereocenters. The minimum absolute atomic E-state index is 0.0155. The van der Waals surface area contributed by atoms with Crippen LogP contribution < -0.4 is 0 Å². The van der Waals surface area contributed by atoms with Crippen LogP contribution in [0.2, 0.25) is 0 Å². The molecule has 10 nitrogen and oxygen atoms in total. The van der Waals surface area contributed by atoms with E-state index < -0.39 is 30.1 Å². The molecule has 0 aromatic heterocycles. The number of aryl methyl sites for hydroxylation is 1. The Morgan fingerprint density at radius 1 is 0.865 bits per heavy atom. The number of carbonyl (C=O) groups excluding carboxylic acids is 4. The molecule has 0 aliphatic carbocycles. The van der Waals surface area contributed by atoms with Crippen molar-refractivity contribution in [2.24, 2.45) is 29.6 Å². The topological polar surface area (TPSA) is 106 Å². The molecule has 296 valence electrons. The second-order valence-corrected chi connectivity index (χ2v) is 16.0. The van der Waals surface area contributed by atoms with Crippen molar-refractivity contribution >= 4 is 23.4 Å². The van der Waals surface area contributed by atoms with Crippen LogP contribution in [0.3, 0.4) is 0 Å². The summed E-state index contributed by atoms with van der Waals surface area (Å²) in [7, 11) is 10.4. The van der Waals surface area contributed by atoms with Crippen LogP contribution in [0.15, 0.2) is 30.3 Å². The molecule has 9 atom stereocenters. The minimum Gasteiger partial charge on any atom is -0.380 e. The fourth-order valence-corrected chi connectivity index (χ4v) is 8.29. The molecular formula is C42H71N3O7. The monoisotopic (exact) mass is 730 g/mol. The fraction of sp³-hybridized carbons (Fsp3) is 0.762. The predicted molar refractivity (Wildman–Crippen MR) is 207 cm³/mol. The highest BCUT2D eigenvalue weighted by Crippen LogP contribution is 2.32. The van der Waals surface area contributed by atoms with Crippen LogP contribution in [-0.4, -0.2) is 124 Å². The molecule has 52 heavy (non-hydrogen) atoms. The molecule has 1 heterocycles. The Morgan fingerprint density at radius 3 is 2.00 bits per heavy atom. The van der Waals surface area contributed by atoms with E-state index in [9.17, 15) is 19.2 Å². The van der Waals surface area contributed by atoms with Crippen LogP contribution in [-0.2, 0) is 39.8 Å². The Morgan fingerprint density at radius 2 is 1.50 bits per heavy atom. The third-order valence-corrected chi connectivity index (χ3v) is 11.5. The second kappa shape index (κ2) is 21.9. The van der Waals surface area contributed by atoms with Crippen LogP contribution in [0.25, 0.3) is 0 Å². The van der Waals surface area contributed by atoms with Crippen molar-refractivity contribution in [1.82, 2.24) is 14.7 Å². The molecular weight excluding hydrogens is 658 g/mol. The van der Waals surface area contributed by atoms with E-state index in [1.807, 2.05) is 71.8 Å². The van der Waals surface area contributed by atoms with Crippen LogP contribution in [0.5, 0.6) is 0 Å². The number of hydrogen-bond acceptors (Lipinski definition) is 8. The van der Waals surface area contributed by atoms with Gasteiger partial charge in [0.25, 0.3) is 0 Å². The molecule has 0 N–H and O–H groups in total. The Hall–Kier alpha value is -2.66. The molecule has 1 fully saturated rings. The molecule has 1 aromatic rings. The smallest absolute Gasteiger partial charge is 0.226 e. The van der Waals surface area contributed by atoms with E-state index in [1.54, 1.807) is 38.2 Å². The van der Waals surface area contributed by atoms with Crippen molar-refractivity contribution in [1.29, 1.82) is 0 Å². The number of rotatable bonds is 23. The van der Waals surface area contributed by atoms with E-state index in [0.29, 0.717) is 19.4 Å². The summed E-state index contributed by atoms with van der Waals surface area (Å²) in [6, 6.07) is 9.12. The summed E-state index contributed by atoms with van der Waals surface area (Å²) in [6.45, 7) is 14.5. The lowest BCUT2D eigenvalue weighted by Gasteiger charge is -2.41. The van der Waals surface area contributed by atoms with Gasteiger partial charge in [0.05, 0.1) is 42.9 Å². The van der Waals surface area contributed by atoms with Gasteiger partial charge in [-0.25, -0.2) is 0 Å². The van der Waals surface area contributed by atoms with Gasteiger partial charge in [0.15, 0.2) is 5.78 Å². The van der Waals surface area contributed by atoms with Gasteiger partial charge >= 0.3 is 0 Å². The number of carbonyl (C=O) groups is 4. The van der Waals surface area contributed by atoms with Crippen LogP contribution in [0, 0.1) is 29.6 Å². The Balaban J connectivity index is 2.29. The molecule has 1 aromatic carbocycles. The van der Waals surface area contributed by atoms with Crippen molar-refractivity contribution in [2.75, 3.05) is 49.0 Å². The quantitative estimate of drug-likeness (QED) is 0.136. The Bertz CT molecular complexity index is 1250. The van der Waals surface area contributed by atoms with E-state index in [-0.39, 0.29) is 72.2 Å². The maximum Gasteiger partial charge on any atom is 0.226 e. The van der Waals surface area contributed by atoms with E-state index >= 15 is 0 Å². The molecule has 1 saturated heterocycles. The van der Waals surface area contributed by atoms with Crippen LogP contribution in [0.4, 0.5) is 0 Å². The molecule has 0 saturated carbocycles. The number of likely N-dealkylation sites (N-methyl/N-ethyl adjacent to an activating group) is 2. The number of ketones is 2. The van der Waals surface area contributed by atoms with Crippen molar-refractivity contribution in [2.45, 2.75) is 130 Å². The molecule has 0 radical (unpaired) electrons. The Kier molecular flexibility index (Phi) is 19.2. The lowest BCUT2D eigenvalue weighted by molar-refractivity contribution is -0.149. The van der Waals surface area contributed by atoms with Crippen molar-refractivity contribution < 1.29 is 33.4 Å². The highest BCUT2D eigenvalue weighted by atomic mass is 16.5. The fourth-order valence-electron chi connectivity index (χ4n) is 8.29. The normalized spacial score (nSPS) is 20.4. The lowest BCUT2D eigenvalue weighted by atomic mass is 9.83. The SMILES string of the molecule is CC[C@H](C)[C@@H]([C@@H](CC(=O)N1C[C@@H](OC)CC1[C@H](OC)[C@@H](C)C(=O)CCCc1ccccc1)OC)N(C)C(=O)[C@@H](CC(=O)[C@H](C(C)C)N(C)C)C(C)C. The van der Waals surface area contributed by atoms with E-state index in [2.05, 4.69) is 26.0 Å². The largest absolute Gasteiger partial charge is 0.380 e. The number of benzene rings is 1. The molecule has 0 spiro atoms. The maximum atomic E-state index is 14.3. The van der Waals surface area contributed by atoms with Gasteiger partial charge in [-0.05, 0) is 56.7 Å². The van der Waals surface area contributed by atoms with Crippen LogP contribution in [0.1, 0.15) is 92.6 Å². The molecule has 10 heteroatoms. The van der Waals surface area contributed by atoms with Gasteiger partial charge in [0, 0.05) is 59.6 Å². The average Bonchev–Trinajstić information content (AvgIpc) is 3.54. The third kappa shape index (κ3) is 12.2. The highest BCUT2D eigenvalue weighted by molar-refractivity contribution is 5.90. The number of hydrogen-bond donors (Lipinski definition) is 0.